The Morgan fingerprint density at radius 1 is 0.957 bits per heavy atom. The average Bonchev–Trinajstić information content (AvgIpc) is 3.06. The Hall–Kier alpha value is -2.59. The highest BCUT2D eigenvalue weighted by molar-refractivity contribution is 7.17. The van der Waals surface area contributed by atoms with Crippen LogP contribution in [0.2, 0.25) is 0 Å². The first kappa shape index (κ1) is 14.0. The zero-order valence-electron chi connectivity index (χ0n) is 12.7. The molecule has 1 aromatic carbocycles. The van der Waals surface area contributed by atoms with Crippen LogP contribution < -0.4 is 0 Å². The lowest BCUT2D eigenvalue weighted by molar-refractivity contribution is 0.965. The van der Waals surface area contributed by atoms with Crippen LogP contribution in [-0.2, 0) is 6.42 Å². The van der Waals surface area contributed by atoms with Crippen molar-refractivity contribution in [1.29, 1.82) is 0 Å². The van der Waals surface area contributed by atoms with Gasteiger partial charge in [-0.25, -0.2) is 9.97 Å². The fourth-order valence-electron chi connectivity index (χ4n) is 2.66. The highest BCUT2D eigenvalue weighted by Gasteiger charge is 2.16. The maximum Gasteiger partial charge on any atom is 0.130 e. The molecule has 0 radical (unpaired) electrons. The lowest BCUT2D eigenvalue weighted by Gasteiger charge is -2.07. The minimum atomic E-state index is 0.814. The first-order chi connectivity index (χ1) is 11.4. The van der Waals surface area contributed by atoms with Crippen LogP contribution in [0.5, 0.6) is 0 Å². The third-order valence-electron chi connectivity index (χ3n) is 3.79. The van der Waals surface area contributed by atoms with Gasteiger partial charge >= 0.3 is 0 Å². The van der Waals surface area contributed by atoms with Crippen LogP contribution in [-0.4, -0.2) is 15.0 Å². The summed E-state index contributed by atoms with van der Waals surface area (Å²) < 4.78 is 0. The summed E-state index contributed by atoms with van der Waals surface area (Å²) in [5.74, 6) is 0.861. The molecule has 0 unspecified atom stereocenters. The standard InChI is InChI=1S/C19H15N3S/c1-2-16-21-18(15-10-6-7-11-20-15)17-14(12-23-19(17)22-16)13-8-4-3-5-9-13/h3-12H,2H2,1H3. The van der Waals surface area contributed by atoms with E-state index in [1.54, 1.807) is 11.3 Å². The van der Waals surface area contributed by atoms with E-state index < -0.39 is 0 Å². The fourth-order valence-corrected chi connectivity index (χ4v) is 3.63. The number of nitrogens with zero attached hydrogens (tertiary/aromatic N) is 3. The van der Waals surface area contributed by atoms with Gasteiger partial charge in [0.1, 0.15) is 16.3 Å². The van der Waals surface area contributed by atoms with Crippen LogP contribution in [0.25, 0.3) is 32.7 Å². The van der Waals surface area contributed by atoms with Gasteiger partial charge in [-0.1, -0.05) is 43.3 Å². The van der Waals surface area contributed by atoms with Gasteiger partial charge < -0.3 is 0 Å². The number of hydrogen-bond donors (Lipinski definition) is 0. The molecule has 0 spiro atoms. The molecule has 0 fully saturated rings. The van der Waals surface area contributed by atoms with Crippen molar-refractivity contribution in [1.82, 2.24) is 15.0 Å². The van der Waals surface area contributed by atoms with Crippen molar-refractivity contribution in [3.8, 4) is 22.5 Å². The molecule has 0 saturated carbocycles. The molecule has 0 atom stereocenters. The molecule has 4 aromatic rings. The molecule has 0 aliphatic rings. The molecule has 3 nitrogen and oxygen atoms in total. The van der Waals surface area contributed by atoms with Crippen LogP contribution in [0, 0.1) is 0 Å². The van der Waals surface area contributed by atoms with Gasteiger partial charge in [-0.2, -0.15) is 0 Å². The maximum absolute atomic E-state index is 4.78. The molecule has 4 heteroatoms. The first-order valence-electron chi connectivity index (χ1n) is 7.61. The molecule has 112 valence electrons. The van der Waals surface area contributed by atoms with Gasteiger partial charge in [0.15, 0.2) is 0 Å². The van der Waals surface area contributed by atoms with Gasteiger partial charge in [0.05, 0.1) is 5.69 Å². The second kappa shape index (κ2) is 5.89. The highest BCUT2D eigenvalue weighted by Crippen LogP contribution is 2.38. The minimum absolute atomic E-state index is 0.814. The second-order valence-electron chi connectivity index (χ2n) is 5.25. The lowest BCUT2D eigenvalue weighted by Crippen LogP contribution is -1.97. The van der Waals surface area contributed by atoms with Crippen molar-refractivity contribution in [3.05, 3.63) is 65.9 Å². The summed E-state index contributed by atoms with van der Waals surface area (Å²) in [6.07, 6.45) is 2.62. The zero-order valence-corrected chi connectivity index (χ0v) is 13.5. The molecule has 0 aliphatic carbocycles. The van der Waals surface area contributed by atoms with Crippen molar-refractivity contribution in [2.45, 2.75) is 13.3 Å². The predicted octanol–water partition coefficient (Wildman–Crippen LogP) is 4.98. The van der Waals surface area contributed by atoms with Crippen LogP contribution in [0.3, 0.4) is 0 Å². The zero-order chi connectivity index (χ0) is 15.6. The highest BCUT2D eigenvalue weighted by atomic mass is 32.1. The average molecular weight is 317 g/mol. The predicted molar refractivity (Wildman–Crippen MR) is 95.5 cm³/mol. The fraction of sp³-hybridized carbons (Fsp3) is 0.105. The molecule has 0 saturated heterocycles. The van der Waals surface area contributed by atoms with Gasteiger partial charge in [0, 0.05) is 28.9 Å². The first-order valence-corrected chi connectivity index (χ1v) is 8.49. The number of benzene rings is 1. The molecule has 0 N–H and O–H groups in total. The largest absolute Gasteiger partial charge is 0.255 e. The lowest BCUT2D eigenvalue weighted by atomic mass is 10.0. The summed E-state index contributed by atoms with van der Waals surface area (Å²) >= 11 is 1.67. The molecular weight excluding hydrogens is 302 g/mol. The summed E-state index contributed by atoms with van der Waals surface area (Å²) in [6, 6.07) is 16.3. The monoisotopic (exact) mass is 317 g/mol. The van der Waals surface area contributed by atoms with E-state index in [0.29, 0.717) is 0 Å². The van der Waals surface area contributed by atoms with E-state index in [0.717, 1.165) is 33.8 Å². The Kier molecular flexibility index (Phi) is 3.60. The summed E-state index contributed by atoms with van der Waals surface area (Å²) in [4.78, 5) is 15.0. The molecule has 4 rings (SSSR count). The van der Waals surface area contributed by atoms with E-state index in [1.165, 1.54) is 11.1 Å². The van der Waals surface area contributed by atoms with Gasteiger partial charge in [-0.15, -0.1) is 11.3 Å². The molecule has 0 amide bonds. The van der Waals surface area contributed by atoms with Crippen molar-refractivity contribution >= 4 is 21.6 Å². The topological polar surface area (TPSA) is 38.7 Å². The van der Waals surface area contributed by atoms with Crippen LogP contribution in [0.4, 0.5) is 0 Å². The van der Waals surface area contributed by atoms with E-state index in [2.05, 4.69) is 41.6 Å². The van der Waals surface area contributed by atoms with Gasteiger partial charge in [0.2, 0.25) is 0 Å². The third kappa shape index (κ3) is 2.51. The summed E-state index contributed by atoms with van der Waals surface area (Å²) in [5, 5.41) is 3.26. The number of pyridine rings is 1. The normalized spacial score (nSPS) is 11.0. The second-order valence-corrected chi connectivity index (χ2v) is 6.11. The van der Waals surface area contributed by atoms with E-state index in [9.17, 15) is 0 Å². The summed E-state index contributed by atoms with van der Waals surface area (Å²) in [6.45, 7) is 2.08. The Bertz CT molecular complexity index is 946. The Labute approximate surface area is 138 Å². The number of rotatable bonds is 3. The number of thiophene rings is 1. The Morgan fingerprint density at radius 2 is 1.78 bits per heavy atom. The Morgan fingerprint density at radius 3 is 2.52 bits per heavy atom. The van der Waals surface area contributed by atoms with Crippen molar-refractivity contribution in [2.75, 3.05) is 0 Å². The SMILES string of the molecule is CCc1nc(-c2ccccn2)c2c(-c3ccccc3)csc2n1. The molecule has 0 aliphatic heterocycles. The molecule has 23 heavy (non-hydrogen) atoms. The smallest absolute Gasteiger partial charge is 0.130 e. The minimum Gasteiger partial charge on any atom is -0.255 e. The van der Waals surface area contributed by atoms with Gasteiger partial charge in [-0.3, -0.25) is 4.98 Å². The van der Waals surface area contributed by atoms with Gasteiger partial charge in [0.25, 0.3) is 0 Å². The Balaban J connectivity index is 2.05. The van der Waals surface area contributed by atoms with Crippen LogP contribution in [0.15, 0.2) is 60.1 Å². The molecule has 3 heterocycles. The van der Waals surface area contributed by atoms with E-state index in [4.69, 9.17) is 9.97 Å². The van der Waals surface area contributed by atoms with Crippen molar-refractivity contribution in [3.63, 3.8) is 0 Å². The summed E-state index contributed by atoms with van der Waals surface area (Å²) in [5.41, 5.74) is 4.18. The number of fused-ring (bicyclic) bond motifs is 1. The summed E-state index contributed by atoms with van der Waals surface area (Å²) in [7, 11) is 0. The number of aryl methyl sites for hydroxylation is 1. The van der Waals surface area contributed by atoms with Crippen LogP contribution >= 0.6 is 11.3 Å². The van der Waals surface area contributed by atoms with Gasteiger partial charge in [-0.05, 0) is 17.7 Å². The van der Waals surface area contributed by atoms with E-state index in [-0.39, 0.29) is 0 Å². The van der Waals surface area contributed by atoms with E-state index in [1.807, 2.05) is 30.5 Å². The quantitative estimate of drug-likeness (QED) is 0.535. The van der Waals surface area contributed by atoms with Crippen molar-refractivity contribution < 1.29 is 0 Å². The van der Waals surface area contributed by atoms with Crippen LogP contribution in [0.1, 0.15) is 12.7 Å². The number of hydrogen-bond acceptors (Lipinski definition) is 4. The van der Waals surface area contributed by atoms with E-state index >= 15 is 0 Å². The molecular formula is C19H15N3S. The third-order valence-corrected chi connectivity index (χ3v) is 4.66. The molecule has 3 aromatic heterocycles. The maximum atomic E-state index is 4.78. The molecule has 0 bridgehead atoms. The number of aromatic nitrogens is 3. The van der Waals surface area contributed by atoms with Crippen molar-refractivity contribution in [2.24, 2.45) is 0 Å².